The van der Waals surface area contributed by atoms with E-state index in [9.17, 15) is 0 Å². The van der Waals surface area contributed by atoms with Gasteiger partial charge in [-0.15, -0.1) is 0 Å². The van der Waals surface area contributed by atoms with Crippen LogP contribution in [0.5, 0.6) is 11.5 Å². The summed E-state index contributed by atoms with van der Waals surface area (Å²) < 4.78 is 10.5. The van der Waals surface area contributed by atoms with Gasteiger partial charge in [-0.1, -0.05) is 0 Å². The summed E-state index contributed by atoms with van der Waals surface area (Å²) in [5, 5.41) is 10.7. The number of hydrogen-bond donors (Lipinski definition) is 2. The number of halogens is 1. The standard InChI is InChI=1S/C13H12ClN5O2/c1-20-8-3-7(4-9(5-8)21-2)16-11-10-6-15-19-12(10)18-13(14)17-11/h3-6H,1-2H3,(H2,15,16,17,18,19). The van der Waals surface area contributed by atoms with Crippen LogP contribution in [0.15, 0.2) is 24.4 Å². The minimum Gasteiger partial charge on any atom is -0.497 e. The smallest absolute Gasteiger partial charge is 0.226 e. The van der Waals surface area contributed by atoms with E-state index >= 15 is 0 Å². The molecule has 0 radical (unpaired) electrons. The van der Waals surface area contributed by atoms with Crippen LogP contribution in [0.2, 0.25) is 5.28 Å². The van der Waals surface area contributed by atoms with Crippen molar-refractivity contribution in [2.24, 2.45) is 0 Å². The van der Waals surface area contributed by atoms with Crippen molar-refractivity contribution in [3.05, 3.63) is 29.7 Å². The molecule has 0 spiro atoms. The fraction of sp³-hybridized carbons (Fsp3) is 0.154. The maximum absolute atomic E-state index is 5.90. The third-order valence-corrected chi connectivity index (χ3v) is 3.07. The van der Waals surface area contributed by atoms with Gasteiger partial charge in [0.15, 0.2) is 5.65 Å². The summed E-state index contributed by atoms with van der Waals surface area (Å²) >= 11 is 5.90. The molecule has 1 aromatic carbocycles. The lowest BCUT2D eigenvalue weighted by molar-refractivity contribution is 0.395. The number of nitrogens with one attached hydrogen (secondary N) is 2. The molecule has 3 aromatic rings. The number of anilines is 2. The summed E-state index contributed by atoms with van der Waals surface area (Å²) in [6.07, 6.45) is 1.63. The second kappa shape index (κ2) is 5.45. The molecule has 3 rings (SSSR count). The van der Waals surface area contributed by atoms with E-state index in [0.717, 1.165) is 11.1 Å². The van der Waals surface area contributed by atoms with Crippen LogP contribution in [-0.2, 0) is 0 Å². The first-order valence-corrected chi connectivity index (χ1v) is 6.44. The van der Waals surface area contributed by atoms with Gasteiger partial charge in [-0.3, -0.25) is 5.10 Å². The van der Waals surface area contributed by atoms with Gasteiger partial charge >= 0.3 is 0 Å². The summed E-state index contributed by atoms with van der Waals surface area (Å²) in [7, 11) is 3.18. The molecule has 2 N–H and O–H groups in total. The quantitative estimate of drug-likeness (QED) is 0.721. The van der Waals surface area contributed by atoms with Crippen LogP contribution in [0, 0.1) is 0 Å². The highest BCUT2D eigenvalue weighted by Crippen LogP contribution is 2.29. The molecule has 0 saturated heterocycles. The predicted octanol–water partition coefficient (Wildman–Crippen LogP) is 2.77. The topological polar surface area (TPSA) is 85.0 Å². The molecular weight excluding hydrogens is 294 g/mol. The van der Waals surface area contributed by atoms with Crippen molar-refractivity contribution in [2.75, 3.05) is 19.5 Å². The molecule has 2 aromatic heterocycles. The number of fused-ring (bicyclic) bond motifs is 1. The Kier molecular flexibility index (Phi) is 3.49. The molecule has 0 aliphatic heterocycles. The second-order valence-corrected chi connectivity index (χ2v) is 4.54. The molecule has 0 aliphatic rings. The monoisotopic (exact) mass is 305 g/mol. The van der Waals surface area contributed by atoms with E-state index in [1.165, 1.54) is 0 Å². The van der Waals surface area contributed by atoms with E-state index in [1.54, 1.807) is 26.5 Å². The summed E-state index contributed by atoms with van der Waals surface area (Å²) in [6, 6.07) is 5.43. The third kappa shape index (κ3) is 2.68. The lowest BCUT2D eigenvalue weighted by Gasteiger charge is -2.10. The van der Waals surface area contributed by atoms with Crippen molar-refractivity contribution in [3.63, 3.8) is 0 Å². The molecule has 0 unspecified atom stereocenters. The van der Waals surface area contributed by atoms with E-state index in [4.69, 9.17) is 21.1 Å². The average Bonchev–Trinajstić information content (AvgIpc) is 2.95. The summed E-state index contributed by atoms with van der Waals surface area (Å²) in [5.74, 6) is 1.88. The molecular formula is C13H12ClN5O2. The summed E-state index contributed by atoms with van der Waals surface area (Å²) in [4.78, 5) is 8.23. The number of ether oxygens (including phenoxy) is 2. The molecule has 0 atom stereocenters. The normalized spacial score (nSPS) is 10.6. The zero-order valence-electron chi connectivity index (χ0n) is 11.3. The van der Waals surface area contributed by atoms with Crippen LogP contribution in [-0.4, -0.2) is 34.4 Å². The zero-order chi connectivity index (χ0) is 14.8. The predicted molar refractivity (Wildman–Crippen MR) is 79.5 cm³/mol. The molecule has 0 amide bonds. The SMILES string of the molecule is COc1cc(Nc2nc(Cl)nc3[nH]ncc23)cc(OC)c1. The van der Waals surface area contributed by atoms with E-state index < -0.39 is 0 Å². The van der Waals surface area contributed by atoms with Crippen molar-refractivity contribution in [1.82, 2.24) is 20.2 Å². The number of rotatable bonds is 4. The second-order valence-electron chi connectivity index (χ2n) is 4.20. The third-order valence-electron chi connectivity index (χ3n) is 2.90. The number of methoxy groups -OCH3 is 2. The minimum absolute atomic E-state index is 0.129. The first-order valence-electron chi connectivity index (χ1n) is 6.06. The van der Waals surface area contributed by atoms with Gasteiger partial charge in [0.25, 0.3) is 0 Å². The lowest BCUT2D eigenvalue weighted by Crippen LogP contribution is -1.97. The highest BCUT2D eigenvalue weighted by atomic mass is 35.5. The highest BCUT2D eigenvalue weighted by molar-refractivity contribution is 6.28. The summed E-state index contributed by atoms with van der Waals surface area (Å²) in [6.45, 7) is 0. The molecule has 2 heterocycles. The van der Waals surface area contributed by atoms with Crippen LogP contribution in [0.1, 0.15) is 0 Å². The molecule has 0 bridgehead atoms. The maximum atomic E-state index is 5.90. The van der Waals surface area contributed by atoms with Crippen molar-refractivity contribution in [3.8, 4) is 11.5 Å². The Labute approximate surface area is 125 Å². The molecule has 7 nitrogen and oxygen atoms in total. The maximum Gasteiger partial charge on any atom is 0.226 e. The molecule has 8 heteroatoms. The zero-order valence-corrected chi connectivity index (χ0v) is 12.1. The van der Waals surface area contributed by atoms with E-state index in [-0.39, 0.29) is 5.28 Å². The van der Waals surface area contributed by atoms with Gasteiger partial charge in [-0.2, -0.15) is 15.1 Å². The minimum atomic E-state index is 0.129. The fourth-order valence-electron chi connectivity index (χ4n) is 1.92. The number of benzene rings is 1. The van der Waals surface area contributed by atoms with Gasteiger partial charge in [0.2, 0.25) is 5.28 Å². The summed E-state index contributed by atoms with van der Waals surface area (Å²) in [5.41, 5.74) is 1.32. The number of aromatic nitrogens is 4. The van der Waals surface area contributed by atoms with Crippen LogP contribution in [0.4, 0.5) is 11.5 Å². The lowest BCUT2D eigenvalue weighted by atomic mass is 10.2. The largest absolute Gasteiger partial charge is 0.497 e. The van der Waals surface area contributed by atoms with Crippen molar-refractivity contribution in [2.45, 2.75) is 0 Å². The Morgan fingerprint density at radius 2 is 1.81 bits per heavy atom. The van der Waals surface area contributed by atoms with E-state index in [0.29, 0.717) is 23.0 Å². The highest BCUT2D eigenvalue weighted by Gasteiger charge is 2.10. The average molecular weight is 306 g/mol. The molecule has 0 saturated carbocycles. The van der Waals surface area contributed by atoms with Gasteiger partial charge in [0.05, 0.1) is 25.8 Å². The van der Waals surface area contributed by atoms with Gasteiger partial charge < -0.3 is 14.8 Å². The molecule has 21 heavy (non-hydrogen) atoms. The van der Waals surface area contributed by atoms with Crippen molar-refractivity contribution >= 4 is 34.1 Å². The van der Waals surface area contributed by atoms with Crippen LogP contribution >= 0.6 is 11.6 Å². The van der Waals surface area contributed by atoms with Crippen LogP contribution < -0.4 is 14.8 Å². The van der Waals surface area contributed by atoms with E-state index in [2.05, 4.69) is 25.5 Å². The number of hydrogen-bond acceptors (Lipinski definition) is 6. The number of aromatic amines is 1. The molecule has 0 fully saturated rings. The Hall–Kier alpha value is -2.54. The Morgan fingerprint density at radius 3 is 2.48 bits per heavy atom. The van der Waals surface area contributed by atoms with Crippen LogP contribution in [0.3, 0.4) is 0 Å². The number of nitrogens with zero attached hydrogens (tertiary/aromatic N) is 3. The van der Waals surface area contributed by atoms with Crippen molar-refractivity contribution in [1.29, 1.82) is 0 Å². The van der Waals surface area contributed by atoms with E-state index in [1.807, 2.05) is 12.1 Å². The van der Waals surface area contributed by atoms with Gasteiger partial charge in [0.1, 0.15) is 17.3 Å². The Morgan fingerprint density at radius 1 is 1.10 bits per heavy atom. The van der Waals surface area contributed by atoms with Crippen LogP contribution in [0.25, 0.3) is 11.0 Å². The Balaban J connectivity index is 2.03. The fourth-order valence-corrected chi connectivity index (χ4v) is 2.09. The Bertz CT molecular complexity index is 767. The molecule has 108 valence electrons. The first-order chi connectivity index (χ1) is 10.2. The number of H-pyrrole nitrogens is 1. The van der Waals surface area contributed by atoms with Gasteiger partial charge in [-0.25, -0.2) is 0 Å². The van der Waals surface area contributed by atoms with Gasteiger partial charge in [-0.05, 0) is 11.6 Å². The first kappa shape index (κ1) is 13.4. The molecule has 0 aliphatic carbocycles. The van der Waals surface area contributed by atoms with Crippen molar-refractivity contribution < 1.29 is 9.47 Å². The van der Waals surface area contributed by atoms with Gasteiger partial charge in [0, 0.05) is 23.9 Å².